The van der Waals surface area contributed by atoms with E-state index in [4.69, 9.17) is 0 Å². The van der Waals surface area contributed by atoms with Crippen LogP contribution in [-0.2, 0) is 14.3 Å². The van der Waals surface area contributed by atoms with Crippen LogP contribution in [-0.4, -0.2) is 19.0 Å². The zero-order valence-corrected chi connectivity index (χ0v) is 8.88. The molecular weight excluding hydrogens is 182 g/mol. The first kappa shape index (κ1) is 12.4. The minimum atomic E-state index is -0.456. The molecule has 0 aromatic rings. The first-order chi connectivity index (χ1) is 6.47. The van der Waals surface area contributed by atoms with Crippen LogP contribution in [0, 0.1) is 0 Å². The van der Waals surface area contributed by atoms with Gasteiger partial charge >= 0.3 is 5.97 Å². The number of carbonyl (C=O) groups excluding carboxylic acids is 2. The molecule has 0 unspecified atom stereocenters. The van der Waals surface area contributed by atoms with Crippen LogP contribution >= 0.6 is 0 Å². The van der Waals surface area contributed by atoms with Crippen LogP contribution in [0.4, 0.5) is 0 Å². The Balaban J connectivity index is 4.23. The quantitative estimate of drug-likeness (QED) is 0.545. The molecule has 0 rings (SSSR count). The molecule has 0 radical (unpaired) electrons. The van der Waals surface area contributed by atoms with Gasteiger partial charge in [-0.25, -0.2) is 4.79 Å². The fourth-order valence-corrected chi connectivity index (χ4v) is 0.703. The molecule has 0 bridgehead atoms. The Morgan fingerprint density at radius 2 is 1.79 bits per heavy atom. The van der Waals surface area contributed by atoms with Gasteiger partial charge < -0.3 is 10.1 Å². The zero-order valence-electron chi connectivity index (χ0n) is 8.88. The molecule has 0 aliphatic rings. The molecule has 0 aromatic carbocycles. The number of hydrogen-bond acceptors (Lipinski definition) is 3. The highest BCUT2D eigenvalue weighted by atomic mass is 16.5. The smallest absolute Gasteiger partial charge is 0.334 e. The van der Waals surface area contributed by atoms with Gasteiger partial charge in [-0.05, 0) is 20.8 Å². The first-order valence-corrected chi connectivity index (χ1v) is 4.18. The molecule has 14 heavy (non-hydrogen) atoms. The molecule has 4 nitrogen and oxygen atoms in total. The molecule has 0 atom stereocenters. The number of rotatable bonds is 3. The van der Waals surface area contributed by atoms with Crippen LogP contribution in [0.5, 0.6) is 0 Å². The minimum absolute atomic E-state index is 0.256. The predicted octanol–water partition coefficient (Wildman–Crippen LogP) is 1.15. The summed E-state index contributed by atoms with van der Waals surface area (Å²) in [5.41, 5.74) is 1.25. The molecule has 1 amide bonds. The SMILES string of the molecule is COC(=O)C(C)=CNC(=O)C=C(C)C. The van der Waals surface area contributed by atoms with E-state index >= 15 is 0 Å². The van der Waals surface area contributed by atoms with E-state index in [0.29, 0.717) is 5.57 Å². The lowest BCUT2D eigenvalue weighted by Gasteiger charge is -1.99. The van der Waals surface area contributed by atoms with E-state index in [1.807, 2.05) is 13.8 Å². The van der Waals surface area contributed by atoms with Crippen LogP contribution in [0.15, 0.2) is 23.4 Å². The van der Waals surface area contributed by atoms with E-state index in [0.717, 1.165) is 5.57 Å². The summed E-state index contributed by atoms with van der Waals surface area (Å²) < 4.78 is 4.45. The Bertz CT molecular complexity index is 286. The summed E-state index contributed by atoms with van der Waals surface area (Å²) in [7, 11) is 1.29. The Morgan fingerprint density at radius 3 is 2.21 bits per heavy atom. The Labute approximate surface area is 83.6 Å². The predicted molar refractivity (Wildman–Crippen MR) is 53.3 cm³/mol. The molecule has 1 N–H and O–H groups in total. The fraction of sp³-hybridized carbons (Fsp3) is 0.400. The number of methoxy groups -OCH3 is 1. The van der Waals surface area contributed by atoms with Crippen molar-refractivity contribution in [2.24, 2.45) is 0 Å². The normalized spacial score (nSPS) is 10.4. The number of hydrogen-bond donors (Lipinski definition) is 1. The molecule has 4 heteroatoms. The average Bonchev–Trinajstić information content (AvgIpc) is 2.11. The van der Waals surface area contributed by atoms with Gasteiger partial charge in [0, 0.05) is 12.3 Å². The van der Waals surface area contributed by atoms with E-state index in [1.54, 1.807) is 6.92 Å². The largest absolute Gasteiger partial charge is 0.466 e. The lowest BCUT2D eigenvalue weighted by Crippen LogP contribution is -2.16. The average molecular weight is 197 g/mol. The Morgan fingerprint density at radius 1 is 1.21 bits per heavy atom. The van der Waals surface area contributed by atoms with E-state index in [2.05, 4.69) is 10.1 Å². The maximum absolute atomic E-state index is 11.1. The number of ether oxygens (including phenoxy) is 1. The zero-order chi connectivity index (χ0) is 11.1. The van der Waals surface area contributed by atoms with E-state index in [9.17, 15) is 9.59 Å². The van der Waals surface area contributed by atoms with Gasteiger partial charge in [0.05, 0.1) is 12.7 Å². The van der Waals surface area contributed by atoms with Gasteiger partial charge in [-0.2, -0.15) is 0 Å². The van der Waals surface area contributed by atoms with Crippen molar-refractivity contribution in [3.05, 3.63) is 23.4 Å². The van der Waals surface area contributed by atoms with Gasteiger partial charge in [0.15, 0.2) is 0 Å². The second kappa shape index (κ2) is 5.96. The third-order valence-electron chi connectivity index (χ3n) is 1.36. The lowest BCUT2D eigenvalue weighted by atomic mass is 10.3. The van der Waals surface area contributed by atoms with Gasteiger partial charge in [-0.1, -0.05) is 5.57 Å². The van der Waals surface area contributed by atoms with Crippen molar-refractivity contribution in [1.82, 2.24) is 5.32 Å². The molecule has 0 heterocycles. The molecule has 0 aromatic heterocycles. The maximum atomic E-state index is 11.1. The van der Waals surface area contributed by atoms with Gasteiger partial charge in [-0.15, -0.1) is 0 Å². The summed E-state index contributed by atoms with van der Waals surface area (Å²) in [6.07, 6.45) is 2.77. The summed E-state index contributed by atoms with van der Waals surface area (Å²) in [5.74, 6) is -0.712. The molecule has 0 spiro atoms. The number of esters is 1. The highest BCUT2D eigenvalue weighted by Crippen LogP contribution is 1.93. The summed E-state index contributed by atoms with van der Waals surface area (Å²) in [6.45, 7) is 5.20. The standard InChI is InChI=1S/C10H15NO3/c1-7(2)5-9(12)11-6-8(3)10(13)14-4/h5-6H,1-4H3,(H,11,12). The van der Waals surface area contributed by atoms with Crippen LogP contribution < -0.4 is 5.32 Å². The summed E-state index contributed by atoms with van der Waals surface area (Å²) in [6, 6.07) is 0. The van der Waals surface area contributed by atoms with E-state index in [-0.39, 0.29) is 5.91 Å². The molecule has 0 aliphatic carbocycles. The molecule has 0 saturated heterocycles. The van der Waals surface area contributed by atoms with Crippen molar-refractivity contribution in [2.75, 3.05) is 7.11 Å². The van der Waals surface area contributed by atoms with Crippen molar-refractivity contribution >= 4 is 11.9 Å². The Kier molecular flexibility index (Phi) is 5.29. The highest BCUT2D eigenvalue weighted by molar-refractivity contribution is 5.91. The molecular formula is C10H15NO3. The topological polar surface area (TPSA) is 55.4 Å². The lowest BCUT2D eigenvalue weighted by molar-refractivity contribution is -0.136. The van der Waals surface area contributed by atoms with Gasteiger partial charge in [-0.3, -0.25) is 4.79 Å². The monoisotopic (exact) mass is 197 g/mol. The van der Waals surface area contributed by atoms with Gasteiger partial charge in [0.25, 0.3) is 0 Å². The second-order valence-electron chi connectivity index (χ2n) is 3.05. The van der Waals surface area contributed by atoms with E-state index < -0.39 is 5.97 Å². The van der Waals surface area contributed by atoms with Crippen molar-refractivity contribution < 1.29 is 14.3 Å². The fourth-order valence-electron chi connectivity index (χ4n) is 0.703. The number of nitrogens with one attached hydrogen (secondary N) is 1. The van der Waals surface area contributed by atoms with Gasteiger partial charge in [0.1, 0.15) is 0 Å². The van der Waals surface area contributed by atoms with Crippen LogP contribution in [0.2, 0.25) is 0 Å². The second-order valence-corrected chi connectivity index (χ2v) is 3.05. The van der Waals surface area contributed by atoms with Crippen LogP contribution in [0.1, 0.15) is 20.8 Å². The van der Waals surface area contributed by atoms with Crippen molar-refractivity contribution in [1.29, 1.82) is 0 Å². The number of allylic oxidation sites excluding steroid dienone is 1. The van der Waals surface area contributed by atoms with Gasteiger partial charge in [0.2, 0.25) is 5.91 Å². The summed E-state index contributed by atoms with van der Waals surface area (Å²) >= 11 is 0. The van der Waals surface area contributed by atoms with E-state index in [1.165, 1.54) is 19.4 Å². The van der Waals surface area contributed by atoms with Crippen LogP contribution in [0.3, 0.4) is 0 Å². The minimum Gasteiger partial charge on any atom is -0.466 e. The number of carbonyl (C=O) groups is 2. The highest BCUT2D eigenvalue weighted by Gasteiger charge is 2.02. The first-order valence-electron chi connectivity index (χ1n) is 4.18. The molecule has 78 valence electrons. The van der Waals surface area contributed by atoms with Crippen molar-refractivity contribution in [3.8, 4) is 0 Å². The van der Waals surface area contributed by atoms with Crippen molar-refractivity contribution in [3.63, 3.8) is 0 Å². The van der Waals surface area contributed by atoms with Crippen molar-refractivity contribution in [2.45, 2.75) is 20.8 Å². The summed E-state index contributed by atoms with van der Waals surface area (Å²) in [4.78, 5) is 22.0. The molecule has 0 saturated carbocycles. The third kappa shape index (κ3) is 5.13. The Hall–Kier alpha value is -1.58. The third-order valence-corrected chi connectivity index (χ3v) is 1.36. The molecule has 0 fully saturated rings. The van der Waals surface area contributed by atoms with Crippen LogP contribution in [0.25, 0.3) is 0 Å². The maximum Gasteiger partial charge on any atom is 0.334 e. The molecule has 0 aliphatic heterocycles. The number of amides is 1. The summed E-state index contributed by atoms with van der Waals surface area (Å²) in [5, 5.41) is 2.45.